The van der Waals surface area contributed by atoms with Crippen molar-refractivity contribution in [3.8, 4) is 0 Å². The zero-order chi connectivity index (χ0) is 24.5. The number of esters is 2. The van der Waals surface area contributed by atoms with Gasteiger partial charge in [-0.3, -0.25) is 25.1 Å². The Morgan fingerprint density at radius 3 is 2.71 bits per heavy atom. The molecule has 1 aromatic heterocycles. The second kappa shape index (κ2) is 12.1. The van der Waals surface area contributed by atoms with E-state index in [0.29, 0.717) is 61.2 Å². The molecule has 1 N–H and O–H groups in total. The Bertz CT molecular complexity index is 1050. The van der Waals surface area contributed by atoms with Gasteiger partial charge in [-0.2, -0.15) is 5.10 Å². The maximum absolute atomic E-state index is 11.9. The number of nitrogens with zero attached hydrogens (tertiary/aromatic N) is 4. The second-order valence-electron chi connectivity index (χ2n) is 7.51. The van der Waals surface area contributed by atoms with Gasteiger partial charge in [0.1, 0.15) is 5.69 Å². The number of carbonyl (C=O) groups is 2. The molecule has 2 heterocycles. The Hall–Kier alpha value is -3.54. The molecule has 1 aromatic carbocycles. The zero-order valence-corrected chi connectivity index (χ0v) is 19.9. The lowest BCUT2D eigenvalue weighted by Crippen LogP contribution is -2.37. The number of hydrazone groups is 1. The molecule has 0 radical (unpaired) electrons. The van der Waals surface area contributed by atoms with E-state index in [1.54, 1.807) is 31.4 Å². The highest BCUT2D eigenvalue weighted by molar-refractivity contribution is 7.13. The first-order chi connectivity index (χ1) is 16.4. The van der Waals surface area contributed by atoms with Crippen molar-refractivity contribution in [2.75, 3.05) is 36.6 Å². The van der Waals surface area contributed by atoms with E-state index in [2.05, 4.69) is 15.5 Å². The van der Waals surface area contributed by atoms with Crippen molar-refractivity contribution in [1.29, 1.82) is 0 Å². The minimum absolute atomic E-state index is 0.0236. The fourth-order valence-corrected chi connectivity index (χ4v) is 4.27. The number of ether oxygens (including phenoxy) is 2. The monoisotopic (exact) mass is 489 g/mol. The quantitative estimate of drug-likeness (QED) is 0.230. The Kier molecular flexibility index (Phi) is 8.91. The first kappa shape index (κ1) is 25.1. The van der Waals surface area contributed by atoms with E-state index in [1.807, 2.05) is 4.90 Å². The van der Waals surface area contributed by atoms with Gasteiger partial charge in [-0.1, -0.05) is 6.07 Å². The summed E-state index contributed by atoms with van der Waals surface area (Å²) in [4.78, 5) is 41.0. The Morgan fingerprint density at radius 1 is 1.29 bits per heavy atom. The Labute approximate surface area is 200 Å². The van der Waals surface area contributed by atoms with Gasteiger partial charge in [0.25, 0.3) is 5.69 Å². The maximum atomic E-state index is 11.9. The van der Waals surface area contributed by atoms with Gasteiger partial charge in [-0.25, -0.2) is 4.98 Å². The number of hydrogen-bond acceptors (Lipinski definition) is 11. The van der Waals surface area contributed by atoms with Crippen molar-refractivity contribution in [1.82, 2.24) is 4.98 Å². The lowest BCUT2D eigenvalue weighted by Gasteiger charge is -2.32. The van der Waals surface area contributed by atoms with Crippen LogP contribution in [0.15, 0.2) is 28.7 Å². The van der Waals surface area contributed by atoms with Crippen LogP contribution in [0.5, 0.6) is 0 Å². The summed E-state index contributed by atoms with van der Waals surface area (Å²) in [6, 6.07) is 4.91. The van der Waals surface area contributed by atoms with Gasteiger partial charge in [-0.05, 0) is 32.8 Å². The minimum atomic E-state index is -0.417. The second-order valence-corrected chi connectivity index (χ2v) is 8.37. The van der Waals surface area contributed by atoms with E-state index in [4.69, 9.17) is 9.47 Å². The summed E-state index contributed by atoms with van der Waals surface area (Å²) in [5, 5.41) is 18.0. The number of nitrogens with one attached hydrogen (secondary N) is 1. The SMILES string of the molecule is CCOC(=O)Cc1csc(NN=Cc2ccc(N3CCC(C(=O)OCC)CC3)c([N+](=O)[O-])c2)n1. The third-order valence-corrected chi connectivity index (χ3v) is 6.00. The summed E-state index contributed by atoms with van der Waals surface area (Å²) >= 11 is 1.29. The number of benzene rings is 1. The predicted octanol–water partition coefficient (Wildman–Crippen LogP) is 3.38. The standard InChI is InChI=1S/C22H27N5O6S/c1-3-32-20(28)12-17-14-34-22(24-17)25-23-13-15-5-6-18(19(11-15)27(30)31)26-9-7-16(8-10-26)21(29)33-4-2/h5-6,11,13-14,16H,3-4,7-10,12H2,1-2H3,(H,24,25). The maximum Gasteiger partial charge on any atom is 0.311 e. The summed E-state index contributed by atoms with van der Waals surface area (Å²) < 4.78 is 9.99. The Balaban J connectivity index is 1.62. The number of nitro groups is 1. The van der Waals surface area contributed by atoms with Gasteiger partial charge >= 0.3 is 11.9 Å². The van der Waals surface area contributed by atoms with Crippen molar-refractivity contribution < 1.29 is 24.0 Å². The topological polar surface area (TPSA) is 136 Å². The first-order valence-corrected chi connectivity index (χ1v) is 11.9. The molecule has 2 aromatic rings. The van der Waals surface area contributed by atoms with Crippen LogP contribution < -0.4 is 10.3 Å². The molecule has 0 atom stereocenters. The van der Waals surface area contributed by atoms with E-state index in [0.717, 1.165) is 0 Å². The summed E-state index contributed by atoms with van der Waals surface area (Å²) in [5.41, 5.74) is 4.39. The lowest BCUT2D eigenvalue weighted by molar-refractivity contribution is -0.384. The van der Waals surface area contributed by atoms with Crippen molar-refractivity contribution in [3.63, 3.8) is 0 Å². The number of rotatable bonds is 10. The van der Waals surface area contributed by atoms with Gasteiger partial charge in [-0.15, -0.1) is 11.3 Å². The average Bonchev–Trinajstić information content (AvgIpc) is 3.26. The molecule has 0 saturated carbocycles. The molecule has 0 unspecified atom stereocenters. The van der Waals surface area contributed by atoms with Gasteiger partial charge in [0.05, 0.1) is 42.4 Å². The average molecular weight is 490 g/mol. The summed E-state index contributed by atoms with van der Waals surface area (Å²) in [6.07, 6.45) is 2.74. The number of thiazole rings is 1. The van der Waals surface area contributed by atoms with Crippen molar-refractivity contribution in [3.05, 3.63) is 45.0 Å². The third-order valence-electron chi connectivity index (χ3n) is 5.21. The van der Waals surface area contributed by atoms with Crippen molar-refractivity contribution in [2.24, 2.45) is 11.0 Å². The van der Waals surface area contributed by atoms with Gasteiger partial charge in [0.15, 0.2) is 0 Å². The van der Waals surface area contributed by atoms with E-state index < -0.39 is 4.92 Å². The summed E-state index contributed by atoms with van der Waals surface area (Å²) in [5.74, 6) is -0.722. The van der Waals surface area contributed by atoms with E-state index in [-0.39, 0.29) is 30.0 Å². The van der Waals surface area contributed by atoms with E-state index in [1.165, 1.54) is 23.6 Å². The number of nitro benzene ring substituents is 1. The molecular weight excluding hydrogens is 462 g/mol. The van der Waals surface area contributed by atoms with Crippen LogP contribution >= 0.6 is 11.3 Å². The number of aromatic nitrogens is 1. The van der Waals surface area contributed by atoms with Crippen LogP contribution in [-0.4, -0.2) is 54.4 Å². The molecular formula is C22H27N5O6S. The highest BCUT2D eigenvalue weighted by Gasteiger charge is 2.29. The van der Waals surface area contributed by atoms with Crippen LogP contribution in [0.3, 0.4) is 0 Å². The molecule has 1 aliphatic heterocycles. The highest BCUT2D eigenvalue weighted by atomic mass is 32.1. The fourth-order valence-electron chi connectivity index (χ4n) is 3.61. The molecule has 34 heavy (non-hydrogen) atoms. The predicted molar refractivity (Wildman–Crippen MR) is 128 cm³/mol. The normalized spacial score (nSPS) is 14.2. The molecule has 1 fully saturated rings. The van der Waals surface area contributed by atoms with Crippen molar-refractivity contribution in [2.45, 2.75) is 33.1 Å². The van der Waals surface area contributed by atoms with Gasteiger partial charge < -0.3 is 14.4 Å². The van der Waals surface area contributed by atoms with E-state index >= 15 is 0 Å². The first-order valence-electron chi connectivity index (χ1n) is 11.0. The number of hydrogen-bond donors (Lipinski definition) is 1. The summed E-state index contributed by atoms with van der Waals surface area (Å²) in [6.45, 7) is 5.26. The zero-order valence-electron chi connectivity index (χ0n) is 19.1. The minimum Gasteiger partial charge on any atom is -0.466 e. The molecule has 0 spiro atoms. The molecule has 0 amide bonds. The molecule has 182 valence electrons. The molecule has 3 rings (SSSR count). The molecule has 12 heteroatoms. The lowest BCUT2D eigenvalue weighted by atomic mass is 9.96. The van der Waals surface area contributed by atoms with E-state index in [9.17, 15) is 19.7 Å². The van der Waals surface area contributed by atoms with Crippen LogP contribution in [-0.2, 0) is 25.5 Å². The van der Waals surface area contributed by atoms with Crippen molar-refractivity contribution >= 4 is 46.0 Å². The van der Waals surface area contributed by atoms with Gasteiger partial charge in [0.2, 0.25) is 5.13 Å². The number of carbonyl (C=O) groups excluding carboxylic acids is 2. The fraction of sp³-hybridized carbons (Fsp3) is 0.455. The molecule has 1 saturated heterocycles. The van der Waals surface area contributed by atoms with Crippen LogP contribution in [0.4, 0.5) is 16.5 Å². The third kappa shape index (κ3) is 6.73. The van der Waals surface area contributed by atoms with Crippen LogP contribution in [0.25, 0.3) is 0 Å². The molecule has 0 bridgehead atoms. The number of anilines is 2. The summed E-state index contributed by atoms with van der Waals surface area (Å²) in [7, 11) is 0. The molecule has 11 nitrogen and oxygen atoms in total. The number of piperidine rings is 1. The Morgan fingerprint density at radius 2 is 2.03 bits per heavy atom. The molecule has 0 aliphatic carbocycles. The van der Waals surface area contributed by atoms with Crippen LogP contribution in [0, 0.1) is 16.0 Å². The highest BCUT2D eigenvalue weighted by Crippen LogP contribution is 2.32. The van der Waals surface area contributed by atoms with Gasteiger partial charge in [0, 0.05) is 30.1 Å². The smallest absolute Gasteiger partial charge is 0.311 e. The van der Waals surface area contributed by atoms with Crippen LogP contribution in [0.1, 0.15) is 37.9 Å². The largest absolute Gasteiger partial charge is 0.466 e. The molecule has 1 aliphatic rings. The van der Waals surface area contributed by atoms with Crippen LogP contribution in [0.2, 0.25) is 0 Å².